The second-order valence-electron chi connectivity index (χ2n) is 6.79. The van der Waals surface area contributed by atoms with Gasteiger partial charge in [0.2, 0.25) is 0 Å². The SMILES string of the molecule is C=C(NCCN(C)C)c1ccc(OCC2CCN(C)CC2)cc1. The molecule has 1 saturated heterocycles. The molecule has 1 aliphatic rings. The third kappa shape index (κ3) is 6.24. The van der Waals surface area contributed by atoms with Crippen molar-refractivity contribution < 1.29 is 4.74 Å². The fourth-order valence-corrected chi connectivity index (χ4v) is 2.73. The van der Waals surface area contributed by atoms with Gasteiger partial charge in [-0.2, -0.15) is 0 Å². The number of likely N-dealkylation sites (tertiary alicyclic amines) is 1. The van der Waals surface area contributed by atoms with Crippen LogP contribution >= 0.6 is 0 Å². The van der Waals surface area contributed by atoms with Crippen LogP contribution in [0.1, 0.15) is 18.4 Å². The number of hydrogen-bond acceptors (Lipinski definition) is 4. The lowest BCUT2D eigenvalue weighted by Crippen LogP contribution is -2.32. The van der Waals surface area contributed by atoms with Gasteiger partial charge in [0, 0.05) is 18.8 Å². The van der Waals surface area contributed by atoms with Crippen molar-refractivity contribution in [2.75, 3.05) is 53.9 Å². The maximum Gasteiger partial charge on any atom is 0.119 e. The van der Waals surface area contributed by atoms with E-state index in [4.69, 9.17) is 4.74 Å². The molecule has 128 valence electrons. The zero-order chi connectivity index (χ0) is 16.7. The average molecular weight is 317 g/mol. The highest BCUT2D eigenvalue weighted by atomic mass is 16.5. The van der Waals surface area contributed by atoms with E-state index >= 15 is 0 Å². The van der Waals surface area contributed by atoms with Crippen molar-refractivity contribution in [1.82, 2.24) is 15.1 Å². The Kier molecular flexibility index (Phi) is 6.93. The number of nitrogens with one attached hydrogen (secondary N) is 1. The minimum Gasteiger partial charge on any atom is -0.493 e. The van der Waals surface area contributed by atoms with E-state index in [0.717, 1.165) is 36.7 Å². The summed E-state index contributed by atoms with van der Waals surface area (Å²) in [5, 5.41) is 3.36. The molecule has 1 aliphatic heterocycles. The fraction of sp³-hybridized carbons (Fsp3) is 0.579. The van der Waals surface area contributed by atoms with Crippen LogP contribution in [0.5, 0.6) is 5.75 Å². The van der Waals surface area contributed by atoms with E-state index in [9.17, 15) is 0 Å². The van der Waals surface area contributed by atoms with Gasteiger partial charge in [-0.15, -0.1) is 0 Å². The molecule has 0 bridgehead atoms. The van der Waals surface area contributed by atoms with Gasteiger partial charge in [-0.3, -0.25) is 0 Å². The number of nitrogens with zero attached hydrogens (tertiary/aromatic N) is 2. The van der Waals surface area contributed by atoms with Crippen molar-refractivity contribution in [3.63, 3.8) is 0 Å². The van der Waals surface area contributed by atoms with Crippen molar-refractivity contribution in [3.05, 3.63) is 36.4 Å². The van der Waals surface area contributed by atoms with Crippen molar-refractivity contribution in [2.45, 2.75) is 12.8 Å². The molecular weight excluding hydrogens is 286 g/mol. The summed E-state index contributed by atoms with van der Waals surface area (Å²) < 4.78 is 5.95. The van der Waals surface area contributed by atoms with Gasteiger partial charge in [0.05, 0.1) is 6.61 Å². The zero-order valence-electron chi connectivity index (χ0n) is 14.8. The molecule has 1 fully saturated rings. The minimum atomic E-state index is 0.688. The Balaban J connectivity index is 1.74. The van der Waals surface area contributed by atoms with Crippen LogP contribution in [0.15, 0.2) is 30.8 Å². The van der Waals surface area contributed by atoms with Crippen LogP contribution in [0.2, 0.25) is 0 Å². The van der Waals surface area contributed by atoms with Crippen LogP contribution in [0, 0.1) is 5.92 Å². The summed E-state index contributed by atoms with van der Waals surface area (Å²) in [6.07, 6.45) is 2.47. The molecule has 0 unspecified atom stereocenters. The van der Waals surface area contributed by atoms with Gasteiger partial charge in [0.25, 0.3) is 0 Å². The number of rotatable bonds is 8. The van der Waals surface area contributed by atoms with Crippen LogP contribution in [-0.4, -0.2) is 63.7 Å². The molecule has 0 aliphatic carbocycles. The van der Waals surface area contributed by atoms with Gasteiger partial charge in [0.1, 0.15) is 5.75 Å². The second-order valence-corrected chi connectivity index (χ2v) is 6.79. The molecule has 23 heavy (non-hydrogen) atoms. The molecular formula is C19H31N3O. The van der Waals surface area contributed by atoms with Gasteiger partial charge in [-0.25, -0.2) is 0 Å². The molecule has 4 heteroatoms. The summed E-state index contributed by atoms with van der Waals surface area (Å²) in [4.78, 5) is 4.54. The van der Waals surface area contributed by atoms with Crippen LogP contribution in [0.25, 0.3) is 5.70 Å². The first kappa shape index (κ1) is 17.8. The summed E-state index contributed by atoms with van der Waals surface area (Å²) in [5.41, 5.74) is 2.09. The molecule has 0 spiro atoms. The average Bonchev–Trinajstić information content (AvgIpc) is 2.54. The lowest BCUT2D eigenvalue weighted by molar-refractivity contribution is 0.160. The smallest absolute Gasteiger partial charge is 0.119 e. The second kappa shape index (κ2) is 8.94. The molecule has 1 heterocycles. The number of ether oxygens (including phenoxy) is 1. The molecule has 1 aromatic carbocycles. The van der Waals surface area contributed by atoms with E-state index in [1.54, 1.807) is 0 Å². The summed E-state index contributed by atoms with van der Waals surface area (Å²) in [5.74, 6) is 1.64. The van der Waals surface area contributed by atoms with Crippen molar-refractivity contribution in [2.24, 2.45) is 5.92 Å². The standard InChI is InChI=1S/C19H31N3O/c1-16(20-11-14-21(2)3)18-5-7-19(8-6-18)23-15-17-9-12-22(4)13-10-17/h5-8,17,20H,1,9-15H2,2-4H3. The first-order chi connectivity index (χ1) is 11.0. The van der Waals surface area contributed by atoms with Crippen LogP contribution in [0.3, 0.4) is 0 Å². The number of hydrogen-bond donors (Lipinski definition) is 1. The maximum absolute atomic E-state index is 5.95. The van der Waals surface area contributed by atoms with Gasteiger partial charge >= 0.3 is 0 Å². The lowest BCUT2D eigenvalue weighted by Gasteiger charge is -2.28. The number of likely N-dealkylation sites (N-methyl/N-ethyl adjacent to an activating group) is 1. The van der Waals surface area contributed by atoms with Gasteiger partial charge in [-0.1, -0.05) is 6.58 Å². The molecule has 0 amide bonds. The van der Waals surface area contributed by atoms with Crippen molar-refractivity contribution in [1.29, 1.82) is 0 Å². The largest absolute Gasteiger partial charge is 0.493 e. The van der Waals surface area contributed by atoms with Gasteiger partial charge < -0.3 is 19.9 Å². The first-order valence-electron chi connectivity index (χ1n) is 8.54. The Bertz CT molecular complexity index is 476. The normalized spacial score (nSPS) is 16.5. The Labute approximate surface area is 141 Å². The molecule has 1 N–H and O–H groups in total. The van der Waals surface area contributed by atoms with Crippen molar-refractivity contribution >= 4 is 5.70 Å². The molecule has 0 saturated carbocycles. The molecule has 1 aromatic rings. The van der Waals surface area contributed by atoms with Crippen molar-refractivity contribution in [3.8, 4) is 5.75 Å². The predicted molar refractivity (Wildman–Crippen MR) is 97.7 cm³/mol. The van der Waals surface area contributed by atoms with E-state index in [0.29, 0.717) is 5.92 Å². The Morgan fingerprint density at radius 2 is 1.91 bits per heavy atom. The summed E-state index contributed by atoms with van der Waals surface area (Å²) in [6, 6.07) is 8.25. The molecule has 2 rings (SSSR count). The molecule has 0 aromatic heterocycles. The summed E-state index contributed by atoms with van der Waals surface area (Å²) in [6.45, 7) is 9.20. The van der Waals surface area contributed by atoms with Crippen LogP contribution in [-0.2, 0) is 0 Å². The van der Waals surface area contributed by atoms with Crippen LogP contribution < -0.4 is 10.1 Å². The number of benzene rings is 1. The quantitative estimate of drug-likeness (QED) is 0.797. The molecule has 4 nitrogen and oxygen atoms in total. The molecule has 0 radical (unpaired) electrons. The predicted octanol–water partition coefficient (Wildman–Crippen LogP) is 2.53. The topological polar surface area (TPSA) is 27.7 Å². The fourth-order valence-electron chi connectivity index (χ4n) is 2.73. The Hall–Kier alpha value is -1.52. The highest BCUT2D eigenvalue weighted by molar-refractivity contribution is 5.62. The Morgan fingerprint density at radius 1 is 1.26 bits per heavy atom. The van der Waals surface area contributed by atoms with Gasteiger partial charge in [0.15, 0.2) is 0 Å². The van der Waals surface area contributed by atoms with E-state index < -0.39 is 0 Å². The monoisotopic (exact) mass is 317 g/mol. The Morgan fingerprint density at radius 3 is 2.52 bits per heavy atom. The summed E-state index contributed by atoms with van der Waals surface area (Å²) in [7, 11) is 6.33. The molecule has 0 atom stereocenters. The third-order valence-corrected chi connectivity index (χ3v) is 4.42. The minimum absolute atomic E-state index is 0.688. The first-order valence-corrected chi connectivity index (χ1v) is 8.54. The van der Waals surface area contributed by atoms with E-state index in [1.807, 2.05) is 12.1 Å². The summed E-state index contributed by atoms with van der Waals surface area (Å²) >= 11 is 0. The highest BCUT2D eigenvalue weighted by Crippen LogP contribution is 2.20. The van der Waals surface area contributed by atoms with Gasteiger partial charge in [-0.05, 0) is 82.8 Å². The lowest BCUT2D eigenvalue weighted by atomic mass is 9.98. The maximum atomic E-state index is 5.95. The van der Waals surface area contributed by atoms with E-state index in [-0.39, 0.29) is 0 Å². The highest BCUT2D eigenvalue weighted by Gasteiger charge is 2.17. The third-order valence-electron chi connectivity index (χ3n) is 4.42. The van der Waals surface area contributed by atoms with E-state index in [1.165, 1.54) is 25.9 Å². The zero-order valence-corrected chi connectivity index (χ0v) is 14.8. The van der Waals surface area contributed by atoms with E-state index in [2.05, 4.69) is 55.0 Å². The number of piperidine rings is 1. The van der Waals surface area contributed by atoms with Crippen LogP contribution in [0.4, 0.5) is 0 Å².